The standard InChI is InChI=1S/C11H18N2O2S/c1-5-15-9(14)8-6-16-10(13-8)12-7-11(2,3)4/h6H,5,7H2,1-4H3,(H,12,13). The lowest BCUT2D eigenvalue weighted by Crippen LogP contribution is -2.19. The van der Waals surface area contributed by atoms with Crippen LogP contribution in [0.1, 0.15) is 38.2 Å². The number of nitrogens with one attached hydrogen (secondary N) is 1. The van der Waals surface area contributed by atoms with Gasteiger partial charge in [-0.05, 0) is 12.3 Å². The third kappa shape index (κ3) is 4.18. The molecule has 90 valence electrons. The molecule has 0 atom stereocenters. The molecule has 0 saturated heterocycles. The molecular formula is C11H18N2O2S. The van der Waals surface area contributed by atoms with E-state index >= 15 is 0 Å². The SMILES string of the molecule is CCOC(=O)c1csc(NCC(C)(C)C)n1. The van der Waals surface area contributed by atoms with E-state index in [1.165, 1.54) is 11.3 Å². The van der Waals surface area contributed by atoms with Gasteiger partial charge < -0.3 is 10.1 Å². The summed E-state index contributed by atoms with van der Waals surface area (Å²) in [6.45, 7) is 9.40. The summed E-state index contributed by atoms with van der Waals surface area (Å²) in [5, 5.41) is 5.67. The van der Waals surface area contributed by atoms with Gasteiger partial charge in [0, 0.05) is 11.9 Å². The van der Waals surface area contributed by atoms with Gasteiger partial charge in [0.2, 0.25) is 0 Å². The summed E-state index contributed by atoms with van der Waals surface area (Å²) in [4.78, 5) is 15.5. The molecular weight excluding hydrogens is 224 g/mol. The van der Waals surface area contributed by atoms with Gasteiger partial charge in [-0.15, -0.1) is 11.3 Å². The van der Waals surface area contributed by atoms with Crippen LogP contribution < -0.4 is 5.32 Å². The molecule has 1 rings (SSSR count). The zero-order chi connectivity index (χ0) is 12.2. The molecule has 5 heteroatoms. The Morgan fingerprint density at radius 1 is 1.56 bits per heavy atom. The molecule has 4 nitrogen and oxygen atoms in total. The summed E-state index contributed by atoms with van der Waals surface area (Å²) in [5.41, 5.74) is 0.568. The molecule has 0 aliphatic rings. The average molecular weight is 242 g/mol. The van der Waals surface area contributed by atoms with Gasteiger partial charge in [0.1, 0.15) is 0 Å². The number of ether oxygens (including phenoxy) is 1. The van der Waals surface area contributed by atoms with Crippen LogP contribution in [0, 0.1) is 5.41 Å². The van der Waals surface area contributed by atoms with Crippen molar-refractivity contribution in [2.45, 2.75) is 27.7 Å². The van der Waals surface area contributed by atoms with Gasteiger partial charge >= 0.3 is 5.97 Å². The second-order valence-electron chi connectivity index (χ2n) is 4.67. The number of carbonyl (C=O) groups excluding carboxylic acids is 1. The van der Waals surface area contributed by atoms with E-state index in [9.17, 15) is 4.79 Å². The van der Waals surface area contributed by atoms with Crippen LogP contribution >= 0.6 is 11.3 Å². The normalized spacial score (nSPS) is 11.2. The Bertz CT molecular complexity index is 355. The van der Waals surface area contributed by atoms with Crippen molar-refractivity contribution in [3.05, 3.63) is 11.1 Å². The molecule has 1 N–H and O–H groups in total. The van der Waals surface area contributed by atoms with Gasteiger partial charge in [-0.2, -0.15) is 0 Å². The van der Waals surface area contributed by atoms with Gasteiger partial charge in [0.15, 0.2) is 10.8 Å². The minimum atomic E-state index is -0.359. The molecule has 0 unspecified atom stereocenters. The van der Waals surface area contributed by atoms with Crippen molar-refractivity contribution in [1.82, 2.24) is 4.98 Å². The minimum absolute atomic E-state index is 0.190. The van der Waals surface area contributed by atoms with Crippen LogP contribution in [0.4, 0.5) is 5.13 Å². The molecule has 0 aliphatic carbocycles. The predicted octanol–water partition coefficient (Wildman–Crippen LogP) is 2.78. The highest BCUT2D eigenvalue weighted by atomic mass is 32.1. The third-order valence-corrected chi connectivity index (χ3v) is 2.56. The summed E-state index contributed by atoms with van der Waals surface area (Å²) in [7, 11) is 0. The molecule has 0 aromatic carbocycles. The van der Waals surface area contributed by atoms with E-state index < -0.39 is 0 Å². The van der Waals surface area contributed by atoms with Gasteiger partial charge in [-0.25, -0.2) is 9.78 Å². The lowest BCUT2D eigenvalue weighted by atomic mass is 9.97. The second kappa shape index (κ2) is 5.30. The number of hydrogen-bond donors (Lipinski definition) is 1. The molecule has 0 fully saturated rings. The zero-order valence-corrected chi connectivity index (χ0v) is 11.0. The lowest BCUT2D eigenvalue weighted by Gasteiger charge is -2.17. The number of esters is 1. The Morgan fingerprint density at radius 2 is 2.25 bits per heavy atom. The number of carbonyl (C=O) groups is 1. The van der Waals surface area contributed by atoms with E-state index in [1.807, 2.05) is 0 Å². The summed E-state index contributed by atoms with van der Waals surface area (Å²) in [5.74, 6) is -0.359. The maximum atomic E-state index is 11.4. The molecule has 1 heterocycles. The number of hydrogen-bond acceptors (Lipinski definition) is 5. The van der Waals surface area contributed by atoms with Crippen molar-refractivity contribution in [2.24, 2.45) is 5.41 Å². The second-order valence-corrected chi connectivity index (χ2v) is 5.53. The van der Waals surface area contributed by atoms with Crippen LogP contribution in [0.5, 0.6) is 0 Å². The van der Waals surface area contributed by atoms with E-state index in [2.05, 4.69) is 31.1 Å². The van der Waals surface area contributed by atoms with Crippen molar-refractivity contribution in [3.8, 4) is 0 Å². The van der Waals surface area contributed by atoms with E-state index in [0.717, 1.165) is 11.7 Å². The van der Waals surface area contributed by atoms with Crippen LogP contribution in [0.3, 0.4) is 0 Å². The first kappa shape index (κ1) is 13.0. The smallest absolute Gasteiger partial charge is 0.357 e. The first-order valence-corrected chi connectivity index (χ1v) is 6.17. The Kier molecular flexibility index (Phi) is 4.29. The van der Waals surface area contributed by atoms with Crippen LogP contribution in [-0.4, -0.2) is 24.1 Å². The minimum Gasteiger partial charge on any atom is -0.461 e. The first-order chi connectivity index (χ1) is 7.42. The Labute approximate surface area is 100 Å². The van der Waals surface area contributed by atoms with Crippen LogP contribution in [-0.2, 0) is 4.74 Å². The predicted molar refractivity (Wildman–Crippen MR) is 66.0 cm³/mol. The maximum absolute atomic E-state index is 11.4. The highest BCUT2D eigenvalue weighted by Crippen LogP contribution is 2.19. The Balaban J connectivity index is 2.55. The number of aromatic nitrogens is 1. The topological polar surface area (TPSA) is 51.2 Å². The van der Waals surface area contributed by atoms with Gasteiger partial charge in [0.25, 0.3) is 0 Å². The van der Waals surface area contributed by atoms with E-state index in [1.54, 1.807) is 12.3 Å². The third-order valence-electron chi connectivity index (χ3n) is 1.76. The maximum Gasteiger partial charge on any atom is 0.357 e. The summed E-state index contributed by atoms with van der Waals surface area (Å²) in [6.07, 6.45) is 0. The fraction of sp³-hybridized carbons (Fsp3) is 0.636. The van der Waals surface area contributed by atoms with E-state index in [0.29, 0.717) is 12.3 Å². The molecule has 0 spiro atoms. The van der Waals surface area contributed by atoms with E-state index in [4.69, 9.17) is 4.74 Å². The van der Waals surface area contributed by atoms with Crippen molar-refractivity contribution in [1.29, 1.82) is 0 Å². The molecule has 0 bridgehead atoms. The van der Waals surface area contributed by atoms with Gasteiger partial charge in [-0.1, -0.05) is 20.8 Å². The zero-order valence-electron chi connectivity index (χ0n) is 10.2. The first-order valence-electron chi connectivity index (χ1n) is 5.29. The molecule has 0 aliphatic heterocycles. The molecule has 1 aromatic rings. The number of thiazole rings is 1. The highest BCUT2D eigenvalue weighted by molar-refractivity contribution is 7.13. The fourth-order valence-corrected chi connectivity index (χ4v) is 1.67. The monoisotopic (exact) mass is 242 g/mol. The number of nitrogens with zero attached hydrogens (tertiary/aromatic N) is 1. The number of rotatable bonds is 4. The Morgan fingerprint density at radius 3 is 2.81 bits per heavy atom. The molecule has 16 heavy (non-hydrogen) atoms. The largest absolute Gasteiger partial charge is 0.461 e. The molecule has 0 radical (unpaired) electrons. The van der Waals surface area contributed by atoms with Gasteiger partial charge in [0.05, 0.1) is 6.61 Å². The molecule has 0 amide bonds. The lowest BCUT2D eigenvalue weighted by molar-refractivity contribution is 0.0520. The summed E-state index contributed by atoms with van der Waals surface area (Å²) < 4.78 is 4.86. The van der Waals surface area contributed by atoms with Crippen molar-refractivity contribution >= 4 is 22.4 Å². The highest BCUT2D eigenvalue weighted by Gasteiger charge is 2.14. The quantitative estimate of drug-likeness (QED) is 0.825. The fourth-order valence-electron chi connectivity index (χ4n) is 0.994. The average Bonchev–Trinajstić information content (AvgIpc) is 2.62. The number of anilines is 1. The summed E-state index contributed by atoms with van der Waals surface area (Å²) in [6, 6.07) is 0. The van der Waals surface area contributed by atoms with Crippen LogP contribution in [0.2, 0.25) is 0 Å². The molecule has 1 aromatic heterocycles. The van der Waals surface area contributed by atoms with Gasteiger partial charge in [-0.3, -0.25) is 0 Å². The van der Waals surface area contributed by atoms with Crippen molar-refractivity contribution < 1.29 is 9.53 Å². The Hall–Kier alpha value is -1.10. The van der Waals surface area contributed by atoms with Crippen LogP contribution in [0.25, 0.3) is 0 Å². The van der Waals surface area contributed by atoms with E-state index in [-0.39, 0.29) is 11.4 Å². The summed E-state index contributed by atoms with van der Waals surface area (Å²) >= 11 is 1.42. The van der Waals surface area contributed by atoms with Crippen molar-refractivity contribution in [2.75, 3.05) is 18.5 Å². The molecule has 0 saturated carbocycles. The van der Waals surface area contributed by atoms with Crippen LogP contribution in [0.15, 0.2) is 5.38 Å². The van der Waals surface area contributed by atoms with Crippen molar-refractivity contribution in [3.63, 3.8) is 0 Å².